The number of para-hydroxylation sites is 1. The molecule has 1 fully saturated rings. The number of aromatic nitrogens is 3. The minimum atomic E-state index is -5.08. The first kappa shape index (κ1) is 26.9. The summed E-state index contributed by atoms with van der Waals surface area (Å²) in [6, 6.07) is 15.3. The van der Waals surface area contributed by atoms with E-state index in [-0.39, 0.29) is 11.4 Å². The van der Waals surface area contributed by atoms with Crippen LogP contribution in [0.5, 0.6) is 0 Å². The van der Waals surface area contributed by atoms with Gasteiger partial charge in [-0.15, -0.1) is 5.10 Å². The molecule has 4 rings (SSSR count). The second kappa shape index (κ2) is 10.9. The van der Waals surface area contributed by atoms with Gasteiger partial charge >= 0.3 is 12.1 Å². The van der Waals surface area contributed by atoms with E-state index >= 15 is 0 Å². The van der Waals surface area contributed by atoms with Gasteiger partial charge in [0, 0.05) is 28.9 Å². The number of alkyl halides is 3. The number of aliphatic carboxylic acids is 1. The minimum Gasteiger partial charge on any atom is -0.475 e. The smallest absolute Gasteiger partial charge is 0.475 e. The van der Waals surface area contributed by atoms with Gasteiger partial charge in [-0.2, -0.15) is 13.2 Å². The topological polar surface area (TPSA) is 109 Å². The van der Waals surface area contributed by atoms with Gasteiger partial charge in [-0.1, -0.05) is 35.5 Å². The number of benzene rings is 2. The molecule has 1 unspecified atom stereocenters. The average Bonchev–Trinajstić information content (AvgIpc) is 3.41. The molecule has 1 amide bonds. The maximum absolute atomic E-state index is 12.8. The summed E-state index contributed by atoms with van der Waals surface area (Å²) in [5.41, 5.74) is 4.13. The highest BCUT2D eigenvalue weighted by Gasteiger charge is 2.38. The van der Waals surface area contributed by atoms with E-state index in [0.29, 0.717) is 11.5 Å². The molecule has 3 aromatic rings. The monoisotopic (exact) mass is 503 g/mol. The van der Waals surface area contributed by atoms with E-state index < -0.39 is 12.1 Å². The average molecular weight is 504 g/mol. The number of carboxylic acid groups (broad SMARTS) is 1. The van der Waals surface area contributed by atoms with E-state index in [2.05, 4.69) is 34.8 Å². The van der Waals surface area contributed by atoms with Crippen molar-refractivity contribution in [2.75, 3.05) is 11.9 Å². The molecule has 192 valence electrons. The van der Waals surface area contributed by atoms with Gasteiger partial charge in [0.2, 0.25) is 0 Å². The van der Waals surface area contributed by atoms with Crippen molar-refractivity contribution in [3.8, 4) is 11.3 Å². The molecule has 1 aliphatic rings. The SMILES string of the molecule is Cc1ccc(-c2cn(CC3CCNC3(C)C)nn2)cc1C(=O)Nc1ccccc1.O=C(O)C(F)(F)F. The molecule has 0 radical (unpaired) electrons. The molecular weight excluding hydrogens is 475 g/mol. The van der Waals surface area contributed by atoms with Gasteiger partial charge in [0.25, 0.3) is 5.91 Å². The van der Waals surface area contributed by atoms with Crippen LogP contribution in [-0.4, -0.2) is 50.2 Å². The summed E-state index contributed by atoms with van der Waals surface area (Å²) in [6.07, 6.45) is -1.98. The molecule has 36 heavy (non-hydrogen) atoms. The lowest BCUT2D eigenvalue weighted by Gasteiger charge is -2.26. The molecule has 0 spiro atoms. The lowest BCUT2D eigenvalue weighted by molar-refractivity contribution is -0.192. The fourth-order valence-corrected chi connectivity index (χ4v) is 3.88. The molecule has 1 atom stereocenters. The molecule has 2 heterocycles. The summed E-state index contributed by atoms with van der Waals surface area (Å²) in [7, 11) is 0. The lowest BCUT2D eigenvalue weighted by Crippen LogP contribution is -2.39. The predicted octanol–water partition coefficient (Wildman–Crippen LogP) is 4.53. The molecule has 8 nitrogen and oxygen atoms in total. The quantitative estimate of drug-likeness (QED) is 0.472. The van der Waals surface area contributed by atoms with Gasteiger partial charge < -0.3 is 15.7 Å². The van der Waals surface area contributed by atoms with Crippen molar-refractivity contribution in [3.63, 3.8) is 0 Å². The highest BCUT2D eigenvalue weighted by atomic mass is 19.4. The number of carbonyl (C=O) groups excluding carboxylic acids is 1. The van der Waals surface area contributed by atoms with E-state index in [4.69, 9.17) is 9.90 Å². The van der Waals surface area contributed by atoms with Crippen molar-refractivity contribution in [2.24, 2.45) is 5.92 Å². The third-order valence-corrected chi connectivity index (χ3v) is 6.09. The van der Waals surface area contributed by atoms with Crippen LogP contribution in [0.25, 0.3) is 11.3 Å². The maximum Gasteiger partial charge on any atom is 0.490 e. The number of aryl methyl sites for hydroxylation is 1. The van der Waals surface area contributed by atoms with E-state index in [0.717, 1.165) is 42.0 Å². The summed E-state index contributed by atoms with van der Waals surface area (Å²) in [5, 5.41) is 22.3. The van der Waals surface area contributed by atoms with Crippen LogP contribution in [0.15, 0.2) is 54.7 Å². The van der Waals surface area contributed by atoms with Crippen LogP contribution >= 0.6 is 0 Å². The zero-order valence-corrected chi connectivity index (χ0v) is 20.1. The van der Waals surface area contributed by atoms with Gasteiger partial charge in [0.15, 0.2) is 0 Å². The van der Waals surface area contributed by atoms with Crippen LogP contribution in [0.1, 0.15) is 36.2 Å². The second-order valence-corrected chi connectivity index (χ2v) is 9.11. The van der Waals surface area contributed by atoms with Crippen molar-refractivity contribution >= 4 is 17.6 Å². The maximum atomic E-state index is 12.8. The Kier molecular flexibility index (Phi) is 8.13. The Hall–Kier alpha value is -3.73. The molecule has 0 aliphatic carbocycles. The summed E-state index contributed by atoms with van der Waals surface area (Å²) in [6.45, 7) is 8.28. The van der Waals surface area contributed by atoms with E-state index in [1.807, 2.05) is 66.3 Å². The van der Waals surface area contributed by atoms with Crippen molar-refractivity contribution in [1.29, 1.82) is 0 Å². The van der Waals surface area contributed by atoms with Crippen molar-refractivity contribution in [2.45, 2.75) is 45.5 Å². The van der Waals surface area contributed by atoms with Gasteiger partial charge in [0.1, 0.15) is 5.69 Å². The van der Waals surface area contributed by atoms with E-state index in [1.165, 1.54) is 0 Å². The van der Waals surface area contributed by atoms with Gasteiger partial charge in [-0.25, -0.2) is 4.79 Å². The highest BCUT2D eigenvalue weighted by molar-refractivity contribution is 6.05. The number of hydrogen-bond donors (Lipinski definition) is 3. The minimum absolute atomic E-state index is 0.110. The number of halogens is 3. The predicted molar refractivity (Wildman–Crippen MR) is 128 cm³/mol. The number of hydrogen-bond acceptors (Lipinski definition) is 5. The van der Waals surface area contributed by atoms with E-state index in [1.54, 1.807) is 0 Å². The summed E-state index contributed by atoms with van der Waals surface area (Å²) in [5.74, 6) is -2.36. The molecular formula is C25H28F3N5O3. The van der Waals surface area contributed by atoms with Crippen molar-refractivity contribution in [1.82, 2.24) is 20.3 Å². The number of nitrogens with one attached hydrogen (secondary N) is 2. The Morgan fingerprint density at radius 2 is 1.86 bits per heavy atom. The van der Waals surface area contributed by atoms with Gasteiger partial charge in [-0.05, 0) is 63.4 Å². The molecule has 3 N–H and O–H groups in total. The first-order chi connectivity index (χ1) is 16.9. The highest BCUT2D eigenvalue weighted by Crippen LogP contribution is 2.28. The Morgan fingerprint density at radius 3 is 2.44 bits per heavy atom. The number of anilines is 1. The third-order valence-electron chi connectivity index (χ3n) is 6.09. The first-order valence-electron chi connectivity index (χ1n) is 11.3. The third kappa shape index (κ3) is 6.91. The van der Waals surface area contributed by atoms with Gasteiger partial charge in [0.05, 0.1) is 6.20 Å². The van der Waals surface area contributed by atoms with Crippen LogP contribution in [0.2, 0.25) is 0 Å². The van der Waals surface area contributed by atoms with Crippen LogP contribution in [0.4, 0.5) is 18.9 Å². The molecule has 1 saturated heterocycles. The molecule has 11 heteroatoms. The number of rotatable bonds is 5. The largest absolute Gasteiger partial charge is 0.490 e. The summed E-state index contributed by atoms with van der Waals surface area (Å²) >= 11 is 0. The molecule has 0 bridgehead atoms. The zero-order valence-electron chi connectivity index (χ0n) is 20.1. The molecule has 2 aromatic carbocycles. The van der Waals surface area contributed by atoms with Crippen LogP contribution in [0.3, 0.4) is 0 Å². The number of nitrogens with zero attached hydrogens (tertiary/aromatic N) is 3. The molecule has 1 aromatic heterocycles. The summed E-state index contributed by atoms with van der Waals surface area (Å²) in [4.78, 5) is 21.7. The van der Waals surface area contributed by atoms with Crippen molar-refractivity contribution < 1.29 is 27.9 Å². The second-order valence-electron chi connectivity index (χ2n) is 9.11. The standard InChI is InChI=1S/C23H27N5O.C2HF3O2/c1-16-9-10-17(13-20(16)22(29)25-19-7-5-4-6-8-19)21-15-28(27-26-21)14-18-11-12-24-23(18,2)3;3-2(4,5)1(6)7/h4-10,13,15,18,24H,11-12,14H2,1-3H3,(H,25,29);(H,6,7). The Bertz CT molecular complexity index is 1210. The number of amides is 1. The molecule has 0 saturated carbocycles. The van der Waals surface area contributed by atoms with Gasteiger partial charge in [-0.3, -0.25) is 9.48 Å². The fraction of sp³-hybridized carbons (Fsp3) is 0.360. The number of carboxylic acids is 1. The first-order valence-corrected chi connectivity index (χ1v) is 11.3. The Morgan fingerprint density at radius 1 is 1.19 bits per heavy atom. The normalized spacial score (nSPS) is 16.7. The zero-order chi connectivity index (χ0) is 26.5. The lowest BCUT2D eigenvalue weighted by atomic mass is 9.89. The van der Waals surface area contributed by atoms with E-state index in [9.17, 15) is 18.0 Å². The summed E-state index contributed by atoms with van der Waals surface area (Å²) < 4.78 is 33.7. The van der Waals surface area contributed by atoms with Crippen LogP contribution in [-0.2, 0) is 11.3 Å². The van der Waals surface area contributed by atoms with Crippen LogP contribution in [0, 0.1) is 12.8 Å². The molecule has 1 aliphatic heterocycles. The van der Waals surface area contributed by atoms with Crippen molar-refractivity contribution in [3.05, 3.63) is 65.9 Å². The van der Waals surface area contributed by atoms with Crippen LogP contribution < -0.4 is 10.6 Å². The Labute approximate surface area is 206 Å². The fourth-order valence-electron chi connectivity index (χ4n) is 3.88. The Balaban J connectivity index is 0.000000454. The number of carbonyl (C=O) groups is 2.